The minimum absolute atomic E-state index is 0.0307. The molecule has 1 aliphatic heterocycles. The number of carboxylic acids is 1. The number of nitriles is 1. The summed E-state index contributed by atoms with van der Waals surface area (Å²) in [5.74, 6) is -1.89. The molecule has 1 heterocycles. The third-order valence-electron chi connectivity index (χ3n) is 3.13. The lowest BCUT2D eigenvalue weighted by Gasteiger charge is -2.18. The van der Waals surface area contributed by atoms with Gasteiger partial charge in [0.15, 0.2) is 5.25 Å². The largest absolute Gasteiger partial charge is 0.481 e. The van der Waals surface area contributed by atoms with Gasteiger partial charge in [-0.1, -0.05) is 13.8 Å². The molecule has 1 aliphatic rings. The van der Waals surface area contributed by atoms with E-state index < -0.39 is 27.2 Å². The van der Waals surface area contributed by atoms with E-state index in [0.717, 1.165) is 4.31 Å². The van der Waals surface area contributed by atoms with Crippen molar-refractivity contribution in [3.05, 3.63) is 0 Å². The highest BCUT2D eigenvalue weighted by Gasteiger charge is 2.42. The van der Waals surface area contributed by atoms with E-state index in [1.807, 2.05) is 0 Å². The summed E-state index contributed by atoms with van der Waals surface area (Å²) in [7, 11) is -3.69. The first-order valence-corrected chi connectivity index (χ1v) is 6.96. The third-order valence-corrected chi connectivity index (χ3v) is 5.31. The average molecular weight is 260 g/mol. The fourth-order valence-corrected chi connectivity index (χ4v) is 3.73. The maximum Gasteiger partial charge on any atom is 0.308 e. The fraction of sp³-hybridized carbons (Fsp3) is 0.800. The van der Waals surface area contributed by atoms with Crippen molar-refractivity contribution in [1.82, 2.24) is 4.31 Å². The van der Waals surface area contributed by atoms with Gasteiger partial charge in [-0.3, -0.25) is 4.79 Å². The molecule has 0 saturated carbocycles. The van der Waals surface area contributed by atoms with Gasteiger partial charge in [0.05, 0.1) is 12.0 Å². The minimum Gasteiger partial charge on any atom is -0.481 e. The second-order valence-corrected chi connectivity index (χ2v) is 6.43. The van der Waals surface area contributed by atoms with Crippen molar-refractivity contribution < 1.29 is 18.3 Å². The molecule has 1 rings (SSSR count). The molecule has 0 radical (unpaired) electrons. The first-order valence-electron chi connectivity index (χ1n) is 5.46. The van der Waals surface area contributed by atoms with Crippen LogP contribution in [0.5, 0.6) is 0 Å². The molecule has 0 amide bonds. The van der Waals surface area contributed by atoms with Crippen molar-refractivity contribution in [3.63, 3.8) is 0 Å². The van der Waals surface area contributed by atoms with Crippen LogP contribution in [0.1, 0.15) is 20.3 Å². The van der Waals surface area contributed by atoms with E-state index in [4.69, 9.17) is 10.4 Å². The van der Waals surface area contributed by atoms with Gasteiger partial charge in [0.25, 0.3) is 0 Å². The highest BCUT2D eigenvalue weighted by molar-refractivity contribution is 7.90. The molecule has 1 unspecified atom stereocenters. The molecule has 0 bridgehead atoms. The number of carbonyl (C=O) groups is 1. The number of nitrogens with zero attached hydrogens (tertiary/aromatic N) is 2. The number of sulfonamides is 1. The predicted octanol–water partition coefficient (Wildman–Crippen LogP) is 0.271. The van der Waals surface area contributed by atoms with Gasteiger partial charge in [0.2, 0.25) is 10.0 Å². The van der Waals surface area contributed by atoms with E-state index in [9.17, 15) is 13.2 Å². The Morgan fingerprint density at radius 2 is 2.18 bits per heavy atom. The first kappa shape index (κ1) is 13.9. The van der Waals surface area contributed by atoms with Gasteiger partial charge >= 0.3 is 5.97 Å². The van der Waals surface area contributed by atoms with E-state index in [-0.39, 0.29) is 25.4 Å². The third kappa shape index (κ3) is 2.58. The monoisotopic (exact) mass is 260 g/mol. The van der Waals surface area contributed by atoms with Gasteiger partial charge in [-0.15, -0.1) is 0 Å². The van der Waals surface area contributed by atoms with Crippen LogP contribution >= 0.6 is 0 Å². The van der Waals surface area contributed by atoms with Crippen molar-refractivity contribution in [2.75, 3.05) is 13.1 Å². The Kier molecular flexibility index (Phi) is 4.11. The molecule has 17 heavy (non-hydrogen) atoms. The second kappa shape index (κ2) is 5.02. The van der Waals surface area contributed by atoms with Crippen LogP contribution in [0, 0.1) is 23.2 Å². The van der Waals surface area contributed by atoms with Crippen LogP contribution in [0.2, 0.25) is 0 Å². The van der Waals surface area contributed by atoms with Crippen molar-refractivity contribution in [2.45, 2.75) is 25.5 Å². The summed E-state index contributed by atoms with van der Waals surface area (Å²) in [6.07, 6.45) is 0.210. The molecular formula is C10H16N2O4S. The van der Waals surface area contributed by atoms with Crippen LogP contribution in [0.3, 0.4) is 0 Å². The smallest absolute Gasteiger partial charge is 0.308 e. The Balaban J connectivity index is 2.91. The molecule has 6 nitrogen and oxygen atoms in total. The number of carboxylic acid groups (broad SMARTS) is 1. The second-order valence-electron chi connectivity index (χ2n) is 4.31. The molecule has 96 valence electrons. The van der Waals surface area contributed by atoms with Crippen LogP contribution < -0.4 is 0 Å². The molecule has 3 atom stereocenters. The summed E-state index contributed by atoms with van der Waals surface area (Å²) in [5.41, 5.74) is 0. The lowest BCUT2D eigenvalue weighted by atomic mass is 9.99. The standard InChI is InChI=1S/C10H16N2O4S/c1-3-8(4-11)17(15,16)12-5-7(2)9(6-12)10(13)14/h7-9H,3,5-6H2,1-2H3,(H,13,14)/t7-,8?,9-/m1/s1. The Hall–Kier alpha value is -1.13. The molecular weight excluding hydrogens is 244 g/mol. The molecule has 0 aromatic rings. The molecule has 0 aromatic heterocycles. The average Bonchev–Trinajstić information content (AvgIpc) is 2.62. The molecule has 1 fully saturated rings. The Morgan fingerprint density at radius 3 is 2.53 bits per heavy atom. The van der Waals surface area contributed by atoms with Crippen LogP contribution in [0.25, 0.3) is 0 Å². The fourth-order valence-electron chi connectivity index (χ4n) is 2.00. The molecule has 0 aliphatic carbocycles. The zero-order valence-electron chi connectivity index (χ0n) is 9.83. The molecule has 0 spiro atoms. The van der Waals surface area contributed by atoms with Gasteiger partial charge in [0, 0.05) is 13.1 Å². The summed E-state index contributed by atoms with van der Waals surface area (Å²) in [4.78, 5) is 10.9. The van der Waals surface area contributed by atoms with E-state index in [1.54, 1.807) is 19.9 Å². The van der Waals surface area contributed by atoms with Gasteiger partial charge in [-0.2, -0.15) is 9.57 Å². The van der Waals surface area contributed by atoms with Gasteiger partial charge in [0.1, 0.15) is 0 Å². The van der Waals surface area contributed by atoms with Crippen LogP contribution in [0.4, 0.5) is 0 Å². The van der Waals surface area contributed by atoms with Gasteiger partial charge < -0.3 is 5.11 Å². The lowest BCUT2D eigenvalue weighted by Crippen LogP contribution is -2.37. The maximum atomic E-state index is 12.0. The van der Waals surface area contributed by atoms with Crippen molar-refractivity contribution in [1.29, 1.82) is 5.26 Å². The zero-order valence-corrected chi connectivity index (χ0v) is 10.6. The van der Waals surface area contributed by atoms with Gasteiger partial charge in [-0.05, 0) is 12.3 Å². The zero-order chi connectivity index (χ0) is 13.2. The lowest BCUT2D eigenvalue weighted by molar-refractivity contribution is -0.142. The highest BCUT2D eigenvalue weighted by Crippen LogP contribution is 2.27. The van der Waals surface area contributed by atoms with E-state index >= 15 is 0 Å². The van der Waals surface area contributed by atoms with E-state index in [1.165, 1.54) is 0 Å². The Morgan fingerprint density at radius 1 is 1.59 bits per heavy atom. The van der Waals surface area contributed by atoms with Crippen LogP contribution in [-0.4, -0.2) is 42.1 Å². The van der Waals surface area contributed by atoms with E-state index in [2.05, 4.69) is 0 Å². The summed E-state index contributed by atoms with van der Waals surface area (Å²) in [6, 6.07) is 1.75. The first-order chi connectivity index (χ1) is 7.84. The minimum atomic E-state index is -3.69. The normalized spacial score (nSPS) is 27.6. The topological polar surface area (TPSA) is 98.5 Å². The highest BCUT2D eigenvalue weighted by atomic mass is 32.2. The number of hydrogen-bond acceptors (Lipinski definition) is 4. The van der Waals surface area contributed by atoms with Crippen LogP contribution in [-0.2, 0) is 14.8 Å². The van der Waals surface area contributed by atoms with Crippen molar-refractivity contribution in [3.8, 4) is 6.07 Å². The van der Waals surface area contributed by atoms with Crippen molar-refractivity contribution >= 4 is 16.0 Å². The summed E-state index contributed by atoms with van der Waals surface area (Å²) in [6.45, 7) is 3.48. The summed E-state index contributed by atoms with van der Waals surface area (Å²) in [5, 5.41) is 16.6. The summed E-state index contributed by atoms with van der Waals surface area (Å²) >= 11 is 0. The number of rotatable bonds is 4. The quantitative estimate of drug-likeness (QED) is 0.782. The molecule has 7 heteroatoms. The van der Waals surface area contributed by atoms with Crippen molar-refractivity contribution in [2.24, 2.45) is 11.8 Å². The van der Waals surface area contributed by atoms with Gasteiger partial charge in [-0.25, -0.2) is 8.42 Å². The van der Waals surface area contributed by atoms with Crippen LogP contribution in [0.15, 0.2) is 0 Å². The Bertz CT molecular complexity index is 440. The molecule has 1 N–H and O–H groups in total. The SMILES string of the molecule is CCC(C#N)S(=O)(=O)N1C[C@@H](C)[C@H](C(=O)O)C1. The Labute approximate surface area is 101 Å². The molecule has 1 saturated heterocycles. The molecule has 0 aromatic carbocycles. The van der Waals surface area contributed by atoms with E-state index in [0.29, 0.717) is 0 Å². The number of aliphatic carboxylic acids is 1. The number of hydrogen-bond donors (Lipinski definition) is 1. The summed E-state index contributed by atoms with van der Waals surface area (Å²) < 4.78 is 25.2. The maximum absolute atomic E-state index is 12.0. The predicted molar refractivity (Wildman–Crippen MR) is 60.5 cm³/mol.